The number of cyclic esters (lactones) is 1. The van der Waals surface area contributed by atoms with Crippen molar-refractivity contribution in [1.82, 2.24) is 40.1 Å². The summed E-state index contributed by atoms with van der Waals surface area (Å²) in [7, 11) is 2.03. The van der Waals surface area contributed by atoms with Crippen LogP contribution in [0.3, 0.4) is 0 Å². The van der Waals surface area contributed by atoms with Crippen molar-refractivity contribution in [3.63, 3.8) is 0 Å². The van der Waals surface area contributed by atoms with Crippen LogP contribution in [-0.2, 0) is 47.0 Å². The lowest BCUT2D eigenvalue weighted by Crippen LogP contribution is -2.64. The normalized spacial score (nSPS) is 24.7. The molecule has 1 unspecified atom stereocenters. The fourth-order valence-corrected chi connectivity index (χ4v) is 11.3. The van der Waals surface area contributed by atoms with E-state index in [1.807, 2.05) is 58.3 Å². The number of esters is 1. The van der Waals surface area contributed by atoms with E-state index in [1.165, 1.54) is 22.4 Å². The minimum Gasteiger partial charge on any atom is -0.464 e. The number of aromatic nitrogens is 3. The van der Waals surface area contributed by atoms with E-state index in [1.54, 1.807) is 16.0 Å². The number of likely N-dealkylation sites (tertiary alicyclic amines) is 2. The van der Waals surface area contributed by atoms with E-state index in [4.69, 9.17) is 25.4 Å². The Kier molecular flexibility index (Phi) is 10.6. The van der Waals surface area contributed by atoms with Gasteiger partial charge in [0, 0.05) is 84.6 Å². The number of carbonyl (C=O) groups is 5. The molecule has 6 bridgehead atoms. The van der Waals surface area contributed by atoms with Crippen LogP contribution in [0.15, 0.2) is 54.6 Å². The zero-order valence-electron chi connectivity index (χ0n) is 35.7. The zero-order valence-corrected chi connectivity index (χ0v) is 36.5. The second-order valence-electron chi connectivity index (χ2n) is 18.4. The smallest absolute Gasteiger partial charge is 0.324 e. The van der Waals surface area contributed by atoms with Crippen LogP contribution >= 0.6 is 11.3 Å². The van der Waals surface area contributed by atoms with Crippen molar-refractivity contribution in [2.45, 2.75) is 83.5 Å². The highest BCUT2D eigenvalue weighted by atomic mass is 32.1. The van der Waals surface area contributed by atoms with Gasteiger partial charge in [-0.05, 0) is 61.1 Å². The molecular weight excluding hydrogens is 811 g/mol. The highest BCUT2D eigenvalue weighted by Gasteiger charge is 2.58. The summed E-state index contributed by atoms with van der Waals surface area (Å²) in [6.45, 7) is 12.6. The van der Waals surface area contributed by atoms with Gasteiger partial charge in [0.2, 0.25) is 17.7 Å². The molecule has 0 saturated carbocycles. The summed E-state index contributed by atoms with van der Waals surface area (Å²) >= 11 is 1.39. The van der Waals surface area contributed by atoms with Gasteiger partial charge in [-0.3, -0.25) is 38.8 Å². The SMILES string of the molecule is C=CC(=O)N1CC2(CCN([C@H](C(=O)N[C@H]3Cc4nc(cs4)-c4ccc5c(c4)c4c(n5C)-c5cccnc5[C@@H](ON)C4C(C)(C)COC(=O)[C@@H]4CCCN(N4)C3=O)C(C)C)C2=O)C1. The topological polar surface area (TPSA) is 194 Å². The minimum atomic E-state index is -1.08. The molecule has 16 nitrogen and oxygen atoms in total. The van der Waals surface area contributed by atoms with Gasteiger partial charge in [0.05, 0.1) is 34.1 Å². The van der Waals surface area contributed by atoms with Gasteiger partial charge in [-0.1, -0.05) is 40.3 Å². The Morgan fingerprint density at radius 1 is 1.16 bits per heavy atom. The maximum atomic E-state index is 14.6. The number of hydrogen-bond acceptors (Lipinski definition) is 12. The molecule has 1 aromatic carbocycles. The molecule has 1 aliphatic carbocycles. The Balaban J connectivity index is 1.08. The Hall–Kier alpha value is -5.49. The van der Waals surface area contributed by atoms with Gasteiger partial charge >= 0.3 is 5.97 Å². The number of benzene rings is 1. The van der Waals surface area contributed by atoms with E-state index < -0.39 is 52.8 Å². The fraction of sp³-hybridized carbons (Fsp3) is 0.489. The summed E-state index contributed by atoms with van der Waals surface area (Å²) in [5.74, 6) is 3.67. The third-order valence-corrected chi connectivity index (χ3v) is 14.5. The summed E-state index contributed by atoms with van der Waals surface area (Å²) < 4.78 is 8.31. The first kappa shape index (κ1) is 41.8. The number of rotatable bonds is 6. The van der Waals surface area contributed by atoms with E-state index in [0.29, 0.717) is 48.7 Å². The molecule has 62 heavy (non-hydrogen) atoms. The lowest BCUT2D eigenvalue weighted by molar-refractivity contribution is -0.157. The molecule has 4 amide bonds. The van der Waals surface area contributed by atoms with Crippen LogP contribution in [0.5, 0.6) is 0 Å². The van der Waals surface area contributed by atoms with Crippen LogP contribution in [-0.4, -0.2) is 110 Å². The highest BCUT2D eigenvalue weighted by Crippen LogP contribution is 2.56. The van der Waals surface area contributed by atoms with Crippen LogP contribution < -0.4 is 16.6 Å². The number of hydrazine groups is 1. The number of hydrogen-bond donors (Lipinski definition) is 3. The molecular formula is C45H53N9O7S. The van der Waals surface area contributed by atoms with Crippen molar-refractivity contribution in [3.8, 4) is 22.5 Å². The number of nitrogens with one attached hydrogen (secondary N) is 2. The monoisotopic (exact) mass is 863 g/mol. The molecule has 7 heterocycles. The van der Waals surface area contributed by atoms with Gasteiger partial charge in [0.15, 0.2) is 0 Å². The summed E-state index contributed by atoms with van der Waals surface area (Å²) in [4.78, 5) is 88.1. The molecule has 17 heteroatoms. The molecule has 0 radical (unpaired) electrons. The van der Waals surface area contributed by atoms with Gasteiger partial charge < -0.3 is 24.4 Å². The number of nitrogens with zero attached hydrogens (tertiary/aromatic N) is 6. The van der Waals surface area contributed by atoms with Crippen molar-refractivity contribution in [2.24, 2.45) is 29.7 Å². The molecule has 4 N–H and O–H groups in total. The summed E-state index contributed by atoms with van der Waals surface area (Å²) in [6, 6.07) is 7.37. The molecule has 326 valence electrons. The van der Waals surface area contributed by atoms with Crippen LogP contribution in [0.4, 0.5) is 0 Å². The predicted octanol–water partition coefficient (Wildman–Crippen LogP) is 3.77. The van der Waals surface area contributed by atoms with Gasteiger partial charge in [-0.15, -0.1) is 11.3 Å². The molecule has 3 fully saturated rings. The maximum absolute atomic E-state index is 14.6. The predicted molar refractivity (Wildman–Crippen MR) is 230 cm³/mol. The molecule has 1 spiro atoms. The first-order chi connectivity index (χ1) is 29.7. The average molecular weight is 864 g/mol. The number of fused-ring (bicyclic) bond motifs is 8. The standard InChI is InChI=1S/C45H53N9O7S/c1-7-33(55)52-21-45(22-52)14-17-53(43(45)59)37(24(2)3)40(56)49-29-19-32-48-30(20-62-32)25-12-13-31-27(18-25)34-35(39(61-46)36-26(10-8-15-47-36)38(34)51(31)6)44(4,5)23-60-42(58)28-11-9-16-54(50-28)41(29)57/h7-8,10,12-13,15,18,20,24,28-29,35,37,39,50H,1,9,11,14,16-17,19,21-23,46H2,2-6H3,(H,49,56)/t28-,29-,35?,37-,39-/m0/s1. The molecule has 5 atom stereocenters. The van der Waals surface area contributed by atoms with Crippen molar-refractivity contribution in [2.75, 3.05) is 32.8 Å². The number of pyridine rings is 1. The van der Waals surface area contributed by atoms with Gasteiger partial charge in [-0.25, -0.2) is 16.3 Å². The van der Waals surface area contributed by atoms with E-state index in [9.17, 15) is 24.0 Å². The molecule has 3 saturated heterocycles. The Bertz CT molecular complexity index is 2510. The van der Waals surface area contributed by atoms with Crippen molar-refractivity contribution in [3.05, 3.63) is 70.8 Å². The van der Waals surface area contributed by atoms with Crippen molar-refractivity contribution >= 4 is 51.8 Å². The number of ether oxygens (including phenoxy) is 1. The first-order valence-electron chi connectivity index (χ1n) is 21.3. The van der Waals surface area contributed by atoms with Crippen LogP contribution in [0.2, 0.25) is 0 Å². The Labute approximate surface area is 363 Å². The lowest BCUT2D eigenvalue weighted by atomic mass is 9.67. The van der Waals surface area contributed by atoms with Gasteiger partial charge in [0.25, 0.3) is 5.91 Å². The number of nitrogens with two attached hydrogens (primary N) is 1. The lowest BCUT2D eigenvalue weighted by Gasteiger charge is -2.46. The zero-order chi connectivity index (χ0) is 43.8. The van der Waals surface area contributed by atoms with E-state index in [-0.39, 0.29) is 49.8 Å². The highest BCUT2D eigenvalue weighted by molar-refractivity contribution is 7.10. The van der Waals surface area contributed by atoms with Crippen molar-refractivity contribution in [1.29, 1.82) is 0 Å². The number of aryl methyl sites for hydroxylation is 1. The third kappa shape index (κ3) is 6.80. The third-order valence-electron chi connectivity index (χ3n) is 13.6. The van der Waals surface area contributed by atoms with Crippen LogP contribution in [0.25, 0.3) is 33.4 Å². The van der Waals surface area contributed by atoms with E-state index in [0.717, 1.165) is 33.3 Å². The number of thiazole rings is 1. The molecule has 5 aliphatic rings. The average Bonchev–Trinajstić information content (AvgIpc) is 3.94. The summed E-state index contributed by atoms with van der Waals surface area (Å²) in [5, 5.41) is 7.99. The van der Waals surface area contributed by atoms with Crippen molar-refractivity contribution < 1.29 is 33.5 Å². The summed E-state index contributed by atoms with van der Waals surface area (Å²) in [6.07, 6.45) is 3.86. The quantitative estimate of drug-likeness (QED) is 0.145. The second kappa shape index (κ2) is 15.7. The fourth-order valence-electron chi connectivity index (χ4n) is 10.5. The number of carbonyl (C=O) groups excluding carboxylic acids is 5. The minimum absolute atomic E-state index is 0.0178. The van der Waals surface area contributed by atoms with E-state index >= 15 is 0 Å². The first-order valence-corrected chi connectivity index (χ1v) is 22.2. The Morgan fingerprint density at radius 3 is 2.69 bits per heavy atom. The Morgan fingerprint density at radius 2 is 1.95 bits per heavy atom. The van der Waals surface area contributed by atoms with Crippen LogP contribution in [0, 0.1) is 16.7 Å². The van der Waals surface area contributed by atoms with Crippen LogP contribution in [0.1, 0.15) is 75.2 Å². The molecule has 4 aromatic rings. The largest absolute Gasteiger partial charge is 0.464 e. The van der Waals surface area contributed by atoms with E-state index in [2.05, 4.69) is 34.0 Å². The molecule has 4 aliphatic heterocycles. The summed E-state index contributed by atoms with van der Waals surface area (Å²) in [5.41, 5.74) is 7.83. The van der Waals surface area contributed by atoms with Gasteiger partial charge in [-0.2, -0.15) is 0 Å². The maximum Gasteiger partial charge on any atom is 0.324 e. The van der Waals surface area contributed by atoms with Gasteiger partial charge in [0.1, 0.15) is 24.2 Å². The molecule has 3 aromatic heterocycles. The second-order valence-corrected chi connectivity index (χ2v) is 19.4. The molecule has 9 rings (SSSR count). The number of amides is 4.